The van der Waals surface area contributed by atoms with Crippen LogP contribution in [0.4, 0.5) is 0 Å². The molecule has 0 unspecified atom stereocenters. The molecule has 0 N–H and O–H groups in total. The van der Waals surface area contributed by atoms with Crippen LogP contribution in [0.5, 0.6) is 0 Å². The molecule has 0 aliphatic carbocycles. The number of rotatable bonds is 4. The van der Waals surface area contributed by atoms with Gasteiger partial charge in [0.15, 0.2) is 0 Å². The molecule has 0 bridgehead atoms. The molecule has 0 saturated heterocycles. The predicted octanol–water partition coefficient (Wildman–Crippen LogP) is 4.59. The van der Waals surface area contributed by atoms with Gasteiger partial charge in [-0.2, -0.15) is 0 Å². The molecule has 0 amide bonds. The molecule has 0 fully saturated rings. The highest BCUT2D eigenvalue weighted by molar-refractivity contribution is 7.95. The zero-order valence-electron chi connectivity index (χ0n) is 14.2. The molecule has 0 aromatic heterocycles. The summed E-state index contributed by atoms with van der Waals surface area (Å²) in [5, 5.41) is 0. The third-order valence-corrected chi connectivity index (χ3v) is 5.10. The number of unbranched alkanes of at least 4 members (excludes halogenated alkanes) is 2. The van der Waals surface area contributed by atoms with E-state index in [9.17, 15) is 8.42 Å². The van der Waals surface area contributed by atoms with E-state index in [2.05, 4.69) is 30.6 Å². The van der Waals surface area contributed by atoms with Crippen LogP contribution in [-0.4, -0.2) is 8.42 Å². The third-order valence-electron chi connectivity index (χ3n) is 3.41. The first-order valence-corrected chi connectivity index (χ1v) is 9.68. The molecule has 0 aliphatic rings. The largest absolute Gasteiger partial charge is 0.218 e. The van der Waals surface area contributed by atoms with Crippen molar-refractivity contribution in [2.75, 3.05) is 0 Å². The van der Waals surface area contributed by atoms with E-state index in [4.69, 9.17) is 0 Å². The van der Waals surface area contributed by atoms with E-state index in [-0.39, 0.29) is 9.80 Å². The average Bonchev–Trinajstić information content (AvgIpc) is 2.65. The maximum atomic E-state index is 12.8. The van der Waals surface area contributed by atoms with Gasteiger partial charge in [0.05, 0.1) is 4.90 Å². The second-order valence-corrected chi connectivity index (χ2v) is 7.28. The SMILES string of the molecule is CCCCC#C/C=C(\C#Cc1ccccc1)S(=O)(=O)c1ccccc1. The first-order chi connectivity index (χ1) is 12.1. The summed E-state index contributed by atoms with van der Waals surface area (Å²) in [7, 11) is -3.68. The third kappa shape index (κ3) is 5.68. The van der Waals surface area contributed by atoms with Gasteiger partial charge in [-0.15, -0.1) is 0 Å². The fourth-order valence-corrected chi connectivity index (χ4v) is 3.19. The lowest BCUT2D eigenvalue weighted by molar-refractivity contribution is 0.603. The van der Waals surface area contributed by atoms with Crippen LogP contribution in [0.3, 0.4) is 0 Å². The Bertz CT molecular complexity index is 933. The van der Waals surface area contributed by atoms with Gasteiger partial charge in [0.2, 0.25) is 9.84 Å². The Hall–Kier alpha value is -2.75. The van der Waals surface area contributed by atoms with Gasteiger partial charge in [-0.05, 0) is 36.6 Å². The standard InChI is InChI=1S/C22H20O2S/c1-2-3-4-5-10-17-22(19-18-20-13-8-6-9-14-20)25(23,24)21-15-11-7-12-16-21/h6-9,11-17H,2-4H2,1H3/b22-17+. The summed E-state index contributed by atoms with van der Waals surface area (Å²) in [6, 6.07) is 17.6. The lowest BCUT2D eigenvalue weighted by Gasteiger charge is -2.02. The van der Waals surface area contributed by atoms with E-state index in [1.165, 1.54) is 6.08 Å². The van der Waals surface area contributed by atoms with Crippen molar-refractivity contribution < 1.29 is 8.42 Å². The quantitative estimate of drug-likeness (QED) is 0.598. The predicted molar refractivity (Wildman–Crippen MR) is 102 cm³/mol. The van der Waals surface area contributed by atoms with Crippen molar-refractivity contribution in [3.8, 4) is 23.7 Å². The van der Waals surface area contributed by atoms with Crippen LogP contribution in [0.25, 0.3) is 0 Å². The molecule has 0 atom stereocenters. The topological polar surface area (TPSA) is 34.1 Å². The fourth-order valence-electron chi connectivity index (χ4n) is 2.02. The van der Waals surface area contributed by atoms with Crippen molar-refractivity contribution in [3.05, 3.63) is 77.2 Å². The molecular weight excluding hydrogens is 328 g/mol. The number of benzene rings is 2. The van der Waals surface area contributed by atoms with E-state index in [1.54, 1.807) is 30.3 Å². The Balaban J connectivity index is 2.40. The maximum Gasteiger partial charge on any atom is 0.215 e. The Kier molecular flexibility index (Phi) is 7.08. The van der Waals surface area contributed by atoms with Gasteiger partial charge in [-0.3, -0.25) is 0 Å². The Labute approximate surface area is 150 Å². The van der Waals surface area contributed by atoms with Crippen molar-refractivity contribution in [1.82, 2.24) is 0 Å². The van der Waals surface area contributed by atoms with Crippen LogP contribution < -0.4 is 0 Å². The summed E-state index contributed by atoms with van der Waals surface area (Å²) in [5.74, 6) is 11.5. The Morgan fingerprint density at radius 1 is 1.00 bits per heavy atom. The summed E-state index contributed by atoms with van der Waals surface area (Å²) < 4.78 is 25.7. The minimum atomic E-state index is -3.68. The van der Waals surface area contributed by atoms with Gasteiger partial charge in [0, 0.05) is 18.1 Å². The number of hydrogen-bond acceptors (Lipinski definition) is 2. The fraction of sp³-hybridized carbons (Fsp3) is 0.182. The van der Waals surface area contributed by atoms with Gasteiger partial charge < -0.3 is 0 Å². The zero-order valence-corrected chi connectivity index (χ0v) is 15.0. The van der Waals surface area contributed by atoms with Crippen molar-refractivity contribution in [2.24, 2.45) is 0 Å². The summed E-state index contributed by atoms with van der Waals surface area (Å²) in [5.41, 5.74) is 0.760. The van der Waals surface area contributed by atoms with Gasteiger partial charge in [-0.1, -0.05) is 67.5 Å². The van der Waals surface area contributed by atoms with E-state index < -0.39 is 9.84 Å². The summed E-state index contributed by atoms with van der Waals surface area (Å²) in [6.07, 6.45) is 4.21. The monoisotopic (exact) mass is 348 g/mol. The summed E-state index contributed by atoms with van der Waals surface area (Å²) in [4.78, 5) is 0.241. The molecule has 25 heavy (non-hydrogen) atoms. The molecule has 3 heteroatoms. The van der Waals surface area contributed by atoms with E-state index in [1.807, 2.05) is 30.3 Å². The highest BCUT2D eigenvalue weighted by Crippen LogP contribution is 2.18. The molecule has 126 valence electrons. The van der Waals surface area contributed by atoms with Gasteiger partial charge >= 0.3 is 0 Å². The van der Waals surface area contributed by atoms with Crippen LogP contribution in [-0.2, 0) is 9.84 Å². The molecule has 2 aromatic carbocycles. The number of hydrogen-bond donors (Lipinski definition) is 0. The minimum absolute atomic E-state index is 0.0200. The van der Waals surface area contributed by atoms with Crippen LogP contribution in [0, 0.1) is 23.7 Å². The number of allylic oxidation sites excluding steroid dienone is 2. The molecule has 0 aliphatic heterocycles. The van der Waals surface area contributed by atoms with E-state index in [0.717, 1.165) is 24.8 Å². The van der Waals surface area contributed by atoms with Gasteiger partial charge in [0.25, 0.3) is 0 Å². The van der Waals surface area contributed by atoms with Crippen LogP contribution in [0.15, 0.2) is 76.5 Å². The molecule has 0 saturated carbocycles. The summed E-state index contributed by atoms with van der Waals surface area (Å²) >= 11 is 0. The molecule has 2 aromatic rings. The summed E-state index contributed by atoms with van der Waals surface area (Å²) in [6.45, 7) is 2.09. The molecule has 2 nitrogen and oxygen atoms in total. The van der Waals surface area contributed by atoms with Gasteiger partial charge in [0.1, 0.15) is 4.91 Å². The van der Waals surface area contributed by atoms with Crippen LogP contribution >= 0.6 is 0 Å². The maximum absolute atomic E-state index is 12.8. The second kappa shape index (κ2) is 9.52. The molecule has 0 radical (unpaired) electrons. The van der Waals surface area contributed by atoms with Crippen molar-refractivity contribution in [3.63, 3.8) is 0 Å². The van der Waals surface area contributed by atoms with Crippen LogP contribution in [0.1, 0.15) is 31.7 Å². The van der Waals surface area contributed by atoms with Gasteiger partial charge in [-0.25, -0.2) is 8.42 Å². The lowest BCUT2D eigenvalue weighted by Crippen LogP contribution is -2.03. The van der Waals surface area contributed by atoms with E-state index >= 15 is 0 Å². The first kappa shape index (κ1) is 18.6. The van der Waals surface area contributed by atoms with Crippen molar-refractivity contribution in [2.45, 2.75) is 31.1 Å². The highest BCUT2D eigenvalue weighted by atomic mass is 32.2. The molecule has 0 spiro atoms. The Morgan fingerprint density at radius 2 is 1.64 bits per heavy atom. The van der Waals surface area contributed by atoms with Crippen LogP contribution in [0.2, 0.25) is 0 Å². The van der Waals surface area contributed by atoms with E-state index in [0.29, 0.717) is 0 Å². The number of sulfone groups is 1. The molecular formula is C22H20O2S. The minimum Gasteiger partial charge on any atom is -0.218 e. The molecule has 2 rings (SSSR count). The van der Waals surface area contributed by atoms with Crippen molar-refractivity contribution >= 4 is 9.84 Å². The average molecular weight is 348 g/mol. The molecule has 0 heterocycles. The lowest BCUT2D eigenvalue weighted by atomic mass is 10.2. The first-order valence-electron chi connectivity index (χ1n) is 8.20. The normalized spacial score (nSPS) is 11.0. The van der Waals surface area contributed by atoms with Crippen molar-refractivity contribution in [1.29, 1.82) is 0 Å². The highest BCUT2D eigenvalue weighted by Gasteiger charge is 2.18. The second-order valence-electron chi connectivity index (χ2n) is 5.37. The Morgan fingerprint density at radius 3 is 2.28 bits per heavy atom. The smallest absolute Gasteiger partial charge is 0.215 e. The zero-order chi connectivity index (χ0) is 18.0.